The summed E-state index contributed by atoms with van der Waals surface area (Å²) >= 11 is 1.73. The first-order valence-electron chi connectivity index (χ1n) is 6.74. The Labute approximate surface area is 118 Å². The average molecular weight is 282 g/mol. The second-order valence-corrected chi connectivity index (χ2v) is 6.19. The lowest BCUT2D eigenvalue weighted by molar-refractivity contribution is -0.145. The third kappa shape index (κ3) is 3.35. The molecule has 0 spiro atoms. The molecular formula is C14H22N2O2S. The zero-order valence-electron chi connectivity index (χ0n) is 11.4. The lowest BCUT2D eigenvalue weighted by Crippen LogP contribution is -2.50. The maximum Gasteiger partial charge on any atom is 0.229 e. The van der Waals surface area contributed by atoms with E-state index in [4.69, 9.17) is 10.5 Å². The molecule has 1 amide bonds. The van der Waals surface area contributed by atoms with E-state index >= 15 is 0 Å². The molecule has 1 aliphatic heterocycles. The van der Waals surface area contributed by atoms with Crippen LogP contribution in [0.4, 0.5) is 0 Å². The summed E-state index contributed by atoms with van der Waals surface area (Å²) in [6.45, 7) is 2.45. The van der Waals surface area contributed by atoms with Crippen molar-refractivity contribution in [1.82, 2.24) is 4.90 Å². The van der Waals surface area contributed by atoms with Crippen LogP contribution in [0, 0.1) is 5.41 Å². The summed E-state index contributed by atoms with van der Waals surface area (Å²) in [5, 5.41) is 2.07. The Morgan fingerprint density at radius 3 is 2.84 bits per heavy atom. The van der Waals surface area contributed by atoms with Crippen molar-refractivity contribution in [3.63, 3.8) is 0 Å². The summed E-state index contributed by atoms with van der Waals surface area (Å²) in [7, 11) is 1.88. The molecule has 0 unspecified atom stereocenters. The quantitative estimate of drug-likeness (QED) is 0.890. The minimum Gasteiger partial charge on any atom is -0.381 e. The summed E-state index contributed by atoms with van der Waals surface area (Å²) in [6, 6.07) is 4.15. The largest absolute Gasteiger partial charge is 0.381 e. The fourth-order valence-corrected chi connectivity index (χ4v) is 3.20. The number of thiophene rings is 1. The standard InChI is InChI=1S/C14H22N2O2S/c1-16(7-4-12-3-2-10-19-12)13(17)14(11-15)5-8-18-9-6-14/h2-3,10H,4-9,11,15H2,1H3. The van der Waals surface area contributed by atoms with Gasteiger partial charge in [0.2, 0.25) is 5.91 Å². The van der Waals surface area contributed by atoms with Gasteiger partial charge in [0.1, 0.15) is 0 Å². The molecule has 0 atom stereocenters. The number of nitrogens with zero attached hydrogens (tertiary/aromatic N) is 1. The molecule has 0 saturated carbocycles. The topological polar surface area (TPSA) is 55.6 Å². The predicted molar refractivity (Wildman–Crippen MR) is 77.2 cm³/mol. The van der Waals surface area contributed by atoms with Gasteiger partial charge >= 0.3 is 0 Å². The summed E-state index contributed by atoms with van der Waals surface area (Å²) < 4.78 is 5.35. The van der Waals surface area contributed by atoms with Crippen LogP contribution in [0.3, 0.4) is 0 Å². The lowest BCUT2D eigenvalue weighted by atomic mass is 9.79. The zero-order chi connectivity index (χ0) is 13.7. The number of hydrogen-bond acceptors (Lipinski definition) is 4. The highest BCUT2D eigenvalue weighted by Gasteiger charge is 2.40. The van der Waals surface area contributed by atoms with Crippen molar-refractivity contribution < 1.29 is 9.53 Å². The first-order valence-corrected chi connectivity index (χ1v) is 7.62. The predicted octanol–water partition coefficient (Wildman–Crippen LogP) is 1.50. The van der Waals surface area contributed by atoms with Gasteiger partial charge in [-0.05, 0) is 30.7 Å². The van der Waals surface area contributed by atoms with E-state index in [0.717, 1.165) is 25.8 Å². The van der Waals surface area contributed by atoms with Crippen LogP contribution in [0.5, 0.6) is 0 Å². The van der Waals surface area contributed by atoms with Crippen LogP contribution >= 0.6 is 11.3 Å². The van der Waals surface area contributed by atoms with Crippen LogP contribution in [0.15, 0.2) is 17.5 Å². The van der Waals surface area contributed by atoms with E-state index in [9.17, 15) is 4.79 Å². The molecule has 2 rings (SSSR count). The molecule has 0 bridgehead atoms. The number of carbonyl (C=O) groups is 1. The molecule has 106 valence electrons. The number of rotatable bonds is 5. The Morgan fingerprint density at radius 2 is 2.26 bits per heavy atom. The smallest absolute Gasteiger partial charge is 0.229 e. The second-order valence-electron chi connectivity index (χ2n) is 5.15. The normalized spacial score (nSPS) is 18.2. The summed E-state index contributed by atoms with van der Waals surface area (Å²) in [6.07, 6.45) is 2.40. The van der Waals surface area contributed by atoms with Gasteiger partial charge in [0.25, 0.3) is 0 Å². The third-order valence-corrected chi connectivity index (χ3v) is 4.85. The highest BCUT2D eigenvalue weighted by Crippen LogP contribution is 2.31. The Bertz CT molecular complexity index is 400. The van der Waals surface area contributed by atoms with Gasteiger partial charge in [-0.2, -0.15) is 0 Å². The fourth-order valence-electron chi connectivity index (χ4n) is 2.51. The average Bonchev–Trinajstić information content (AvgIpc) is 2.98. The minimum atomic E-state index is -0.400. The SMILES string of the molecule is CN(CCc1cccs1)C(=O)C1(CN)CCOCC1. The zero-order valence-corrected chi connectivity index (χ0v) is 12.2. The van der Waals surface area contributed by atoms with Crippen molar-refractivity contribution in [2.45, 2.75) is 19.3 Å². The van der Waals surface area contributed by atoms with Crippen molar-refractivity contribution in [1.29, 1.82) is 0 Å². The van der Waals surface area contributed by atoms with E-state index in [1.807, 2.05) is 18.0 Å². The third-order valence-electron chi connectivity index (χ3n) is 3.91. The maximum absolute atomic E-state index is 12.6. The summed E-state index contributed by atoms with van der Waals surface area (Å²) in [5.41, 5.74) is 5.47. The molecule has 5 heteroatoms. The molecule has 2 heterocycles. The molecule has 4 nitrogen and oxygen atoms in total. The van der Waals surface area contributed by atoms with Crippen LogP contribution in [-0.4, -0.2) is 44.2 Å². The minimum absolute atomic E-state index is 0.176. The van der Waals surface area contributed by atoms with Crippen LogP contribution in [0.25, 0.3) is 0 Å². The van der Waals surface area contributed by atoms with Gasteiger partial charge in [-0.1, -0.05) is 6.07 Å². The molecule has 1 saturated heterocycles. The molecule has 19 heavy (non-hydrogen) atoms. The monoisotopic (exact) mass is 282 g/mol. The van der Waals surface area contributed by atoms with E-state index in [1.165, 1.54) is 4.88 Å². The van der Waals surface area contributed by atoms with Crippen molar-refractivity contribution in [3.8, 4) is 0 Å². The van der Waals surface area contributed by atoms with Gasteiger partial charge in [0.15, 0.2) is 0 Å². The Hall–Kier alpha value is -0.910. The number of amides is 1. The molecule has 1 fully saturated rings. The van der Waals surface area contributed by atoms with E-state index in [-0.39, 0.29) is 5.91 Å². The van der Waals surface area contributed by atoms with Crippen LogP contribution < -0.4 is 5.73 Å². The molecule has 0 aromatic carbocycles. The lowest BCUT2D eigenvalue weighted by Gasteiger charge is -2.37. The maximum atomic E-state index is 12.6. The van der Waals surface area contributed by atoms with Gasteiger partial charge < -0.3 is 15.4 Å². The molecule has 1 aliphatic rings. The van der Waals surface area contributed by atoms with E-state index < -0.39 is 5.41 Å². The fraction of sp³-hybridized carbons (Fsp3) is 0.643. The van der Waals surface area contributed by atoms with Crippen molar-refractivity contribution in [3.05, 3.63) is 22.4 Å². The van der Waals surface area contributed by atoms with Crippen LogP contribution in [0.2, 0.25) is 0 Å². The molecule has 2 N–H and O–H groups in total. The first-order chi connectivity index (χ1) is 9.18. The number of ether oxygens (including phenoxy) is 1. The van der Waals surface area contributed by atoms with Crippen molar-refractivity contribution in [2.75, 3.05) is 33.4 Å². The molecule has 1 aromatic rings. The van der Waals surface area contributed by atoms with Crippen molar-refractivity contribution in [2.24, 2.45) is 11.1 Å². The Morgan fingerprint density at radius 1 is 1.53 bits per heavy atom. The van der Waals surface area contributed by atoms with Gasteiger partial charge in [-0.15, -0.1) is 11.3 Å². The van der Waals surface area contributed by atoms with Gasteiger partial charge in [-0.3, -0.25) is 4.79 Å². The molecule has 1 aromatic heterocycles. The number of likely N-dealkylation sites (N-methyl/N-ethyl adjacent to an activating group) is 1. The van der Waals surface area contributed by atoms with Gasteiger partial charge in [0, 0.05) is 38.2 Å². The molecule has 0 radical (unpaired) electrons. The van der Waals surface area contributed by atoms with Crippen molar-refractivity contribution >= 4 is 17.2 Å². The van der Waals surface area contributed by atoms with Crippen LogP contribution in [0.1, 0.15) is 17.7 Å². The molecule has 0 aliphatic carbocycles. The second kappa shape index (κ2) is 6.50. The summed E-state index contributed by atoms with van der Waals surface area (Å²) in [4.78, 5) is 15.7. The van der Waals surface area contributed by atoms with Crippen LogP contribution in [-0.2, 0) is 16.0 Å². The Balaban J connectivity index is 1.93. The number of nitrogens with two attached hydrogens (primary N) is 1. The highest BCUT2D eigenvalue weighted by molar-refractivity contribution is 7.09. The number of carbonyl (C=O) groups excluding carboxylic acids is 1. The van der Waals surface area contributed by atoms with E-state index in [0.29, 0.717) is 19.8 Å². The first kappa shape index (κ1) is 14.5. The van der Waals surface area contributed by atoms with Gasteiger partial charge in [-0.25, -0.2) is 0 Å². The summed E-state index contributed by atoms with van der Waals surface area (Å²) in [5.74, 6) is 0.176. The Kier molecular flexibility index (Phi) is 4.96. The number of hydrogen-bond donors (Lipinski definition) is 1. The highest BCUT2D eigenvalue weighted by atomic mass is 32.1. The van der Waals surface area contributed by atoms with E-state index in [2.05, 4.69) is 11.4 Å². The van der Waals surface area contributed by atoms with E-state index in [1.54, 1.807) is 11.3 Å². The van der Waals surface area contributed by atoms with Gasteiger partial charge in [0.05, 0.1) is 5.41 Å². The molecular weight excluding hydrogens is 260 g/mol.